The predicted octanol–water partition coefficient (Wildman–Crippen LogP) is 12.9. The third kappa shape index (κ3) is 5.72. The molecule has 2 aliphatic carbocycles. The molecule has 8 aromatic carbocycles. The Morgan fingerprint density at radius 3 is 1.24 bits per heavy atom. The summed E-state index contributed by atoms with van der Waals surface area (Å²) in [7, 11) is 0. The Morgan fingerprint density at radius 2 is 0.778 bits per heavy atom. The van der Waals surface area contributed by atoms with Crippen LogP contribution in [0.25, 0.3) is 33.7 Å². The maximum atomic E-state index is 17.4. The summed E-state index contributed by atoms with van der Waals surface area (Å²) < 4.78 is 1.86. The Labute approximate surface area is 367 Å². The van der Waals surface area contributed by atoms with E-state index in [1.54, 1.807) is 0 Å². The number of ketones is 1. The molecule has 4 atom stereocenters. The van der Waals surface area contributed by atoms with Gasteiger partial charge in [-0.1, -0.05) is 231 Å². The van der Waals surface area contributed by atoms with E-state index in [2.05, 4.69) is 109 Å². The van der Waals surface area contributed by atoms with Gasteiger partial charge in [-0.15, -0.1) is 0 Å². The first-order valence-corrected chi connectivity index (χ1v) is 21.5. The molecule has 4 heteroatoms. The van der Waals surface area contributed by atoms with Crippen molar-refractivity contribution < 1.29 is 9.59 Å². The van der Waals surface area contributed by atoms with Gasteiger partial charge in [0.25, 0.3) is 5.91 Å². The first-order valence-electron chi connectivity index (χ1n) is 21.5. The molecule has 0 amide bonds. The summed E-state index contributed by atoms with van der Waals surface area (Å²) in [6, 6.07) is 81.6. The van der Waals surface area contributed by atoms with Gasteiger partial charge in [-0.3, -0.25) is 14.2 Å². The van der Waals surface area contributed by atoms with Crippen LogP contribution in [0, 0.1) is 0 Å². The van der Waals surface area contributed by atoms with Crippen LogP contribution in [0.15, 0.2) is 243 Å². The van der Waals surface area contributed by atoms with Gasteiger partial charge in [0.1, 0.15) is 5.82 Å². The van der Waals surface area contributed by atoms with Crippen LogP contribution in [-0.2, 0) is 15.6 Å². The van der Waals surface area contributed by atoms with E-state index in [1.807, 2.05) is 138 Å². The molecule has 1 aromatic heterocycles. The van der Waals surface area contributed by atoms with Crippen LogP contribution in [0.5, 0.6) is 0 Å². The minimum atomic E-state index is -1.36. The number of hydrogen-bond acceptors (Lipinski definition) is 3. The van der Waals surface area contributed by atoms with Crippen molar-refractivity contribution in [3.05, 3.63) is 282 Å². The van der Waals surface area contributed by atoms with Crippen molar-refractivity contribution in [2.75, 3.05) is 0 Å². The maximum absolute atomic E-state index is 17.4. The molecular weight excluding hydrogens is 769 g/mol. The van der Waals surface area contributed by atoms with Gasteiger partial charge in [0.15, 0.2) is 5.78 Å². The highest BCUT2D eigenvalue weighted by Gasteiger charge is 2.78. The first-order chi connectivity index (χ1) is 31.1. The van der Waals surface area contributed by atoms with E-state index in [9.17, 15) is 0 Å². The summed E-state index contributed by atoms with van der Waals surface area (Å²) in [4.78, 5) is 39.0. The number of aromatic nitrogens is 2. The van der Waals surface area contributed by atoms with Gasteiger partial charge >= 0.3 is 0 Å². The summed E-state index contributed by atoms with van der Waals surface area (Å²) in [6.07, 6.45) is 0. The van der Waals surface area contributed by atoms with E-state index in [4.69, 9.17) is 4.98 Å². The molecule has 11 rings (SSSR count). The normalized spacial score (nSPS) is 20.2. The molecule has 0 N–H and O–H groups in total. The molecule has 0 spiro atoms. The van der Waals surface area contributed by atoms with Gasteiger partial charge in [0, 0.05) is 28.5 Å². The standard InChI is InChI=1S/C59H42N2O2/c62-56(46-35-19-6-20-36-46)61-54(45-33-17-5-18-34-45)53(44-31-15-4-16-32-44)60-55(61)52-51(43-29-13-3-14-30-43)58(47-37-21-7-22-38-47)49(41-25-9-1-10-26-41)50(42-27-11-2-12-28-42)59(52,57(58)63)48-39-23-8-24-40-48/h1-40,51-52H/t51?,52?,58-,59+/m0/s1. The molecule has 2 unspecified atom stereocenters. The van der Waals surface area contributed by atoms with E-state index < -0.39 is 22.7 Å². The van der Waals surface area contributed by atoms with Crippen molar-refractivity contribution in [1.82, 2.24) is 9.55 Å². The van der Waals surface area contributed by atoms with E-state index >= 15 is 9.59 Å². The number of allylic oxidation sites excluding steroid dienone is 2. The average molecular weight is 811 g/mol. The van der Waals surface area contributed by atoms with Gasteiger partial charge < -0.3 is 0 Å². The molecule has 4 nitrogen and oxygen atoms in total. The molecular formula is C59H42N2O2. The Morgan fingerprint density at radius 1 is 0.413 bits per heavy atom. The minimum absolute atomic E-state index is 0.0631. The van der Waals surface area contributed by atoms with Crippen molar-refractivity contribution in [1.29, 1.82) is 0 Å². The molecule has 2 aliphatic rings. The molecule has 300 valence electrons. The molecule has 1 heterocycles. The smallest absolute Gasteiger partial charge is 0.263 e. The maximum Gasteiger partial charge on any atom is 0.263 e. The number of carbonyl (C=O) groups is 2. The van der Waals surface area contributed by atoms with Gasteiger partial charge in [-0.25, -0.2) is 4.98 Å². The number of nitrogens with zero attached hydrogens (tertiary/aromatic N) is 2. The second-order valence-electron chi connectivity index (χ2n) is 16.4. The molecule has 63 heavy (non-hydrogen) atoms. The van der Waals surface area contributed by atoms with E-state index in [0.29, 0.717) is 22.8 Å². The molecule has 1 fully saturated rings. The summed E-state index contributed by atoms with van der Waals surface area (Å²) >= 11 is 0. The highest BCUT2D eigenvalue weighted by molar-refractivity contribution is 6.31. The lowest BCUT2D eigenvalue weighted by Gasteiger charge is -2.44. The molecule has 0 radical (unpaired) electrons. The SMILES string of the molecule is O=C(c1ccccc1)n1c(C2C(c3ccccc3)[C@@]3(c4ccccc4)C(=O)[C@]2(c2ccccc2)C(c2ccccc2)=C3c2ccccc2)nc(-c2ccccc2)c1-c1ccccc1. The lowest BCUT2D eigenvalue weighted by atomic mass is 9.56. The highest BCUT2D eigenvalue weighted by Crippen LogP contribution is 2.77. The van der Waals surface area contributed by atoms with E-state index in [1.165, 1.54) is 0 Å². The third-order valence-electron chi connectivity index (χ3n) is 13.3. The first kappa shape index (κ1) is 38.0. The quantitative estimate of drug-likeness (QED) is 0.146. The monoisotopic (exact) mass is 810 g/mol. The lowest BCUT2D eigenvalue weighted by Crippen LogP contribution is -2.39. The van der Waals surface area contributed by atoms with Crippen LogP contribution in [0.1, 0.15) is 55.8 Å². The van der Waals surface area contributed by atoms with Crippen molar-refractivity contribution >= 4 is 22.8 Å². The van der Waals surface area contributed by atoms with Crippen molar-refractivity contribution in [3.8, 4) is 22.5 Å². The van der Waals surface area contributed by atoms with E-state index in [-0.39, 0.29) is 11.7 Å². The number of carbonyl (C=O) groups excluding carboxylic acids is 2. The third-order valence-corrected chi connectivity index (χ3v) is 13.3. The zero-order valence-corrected chi connectivity index (χ0v) is 34.5. The number of rotatable bonds is 9. The van der Waals surface area contributed by atoms with Gasteiger partial charge in [0.05, 0.1) is 22.2 Å². The second-order valence-corrected chi connectivity index (χ2v) is 16.4. The van der Waals surface area contributed by atoms with Crippen LogP contribution in [0.3, 0.4) is 0 Å². The topological polar surface area (TPSA) is 52.0 Å². The molecule has 0 aliphatic heterocycles. The van der Waals surface area contributed by atoms with Crippen molar-refractivity contribution in [3.63, 3.8) is 0 Å². The number of fused-ring (bicyclic) bond motifs is 2. The number of benzene rings is 8. The molecule has 9 aromatic rings. The molecule has 1 saturated carbocycles. The second kappa shape index (κ2) is 15.5. The number of imidazole rings is 1. The van der Waals surface area contributed by atoms with Crippen LogP contribution in [0.2, 0.25) is 0 Å². The molecule has 2 bridgehead atoms. The van der Waals surface area contributed by atoms with Crippen LogP contribution in [-0.4, -0.2) is 21.2 Å². The fraction of sp³-hybridized carbons (Fsp3) is 0.0678. The fourth-order valence-corrected chi connectivity index (χ4v) is 11.0. The number of Topliss-reactive ketones (excluding diaryl/α,β-unsaturated/α-hetero) is 1. The van der Waals surface area contributed by atoms with Crippen LogP contribution < -0.4 is 0 Å². The van der Waals surface area contributed by atoms with Crippen molar-refractivity contribution in [2.45, 2.75) is 22.7 Å². The molecule has 0 saturated heterocycles. The highest BCUT2D eigenvalue weighted by atomic mass is 16.2. The minimum Gasteiger partial charge on any atom is -0.297 e. The summed E-state index contributed by atoms with van der Waals surface area (Å²) in [5, 5.41) is 0. The number of hydrogen-bond donors (Lipinski definition) is 0. The van der Waals surface area contributed by atoms with Crippen LogP contribution in [0.4, 0.5) is 0 Å². The largest absolute Gasteiger partial charge is 0.297 e. The summed E-state index contributed by atoms with van der Waals surface area (Å²) in [5.74, 6) is -0.857. The van der Waals surface area contributed by atoms with Crippen molar-refractivity contribution in [2.24, 2.45) is 0 Å². The zero-order valence-electron chi connectivity index (χ0n) is 34.5. The van der Waals surface area contributed by atoms with E-state index in [0.717, 1.165) is 50.1 Å². The van der Waals surface area contributed by atoms with Gasteiger partial charge in [-0.2, -0.15) is 0 Å². The lowest BCUT2D eigenvalue weighted by molar-refractivity contribution is -0.123. The average Bonchev–Trinajstić information content (AvgIpc) is 3.96. The Hall–Kier alpha value is -7.95. The van der Waals surface area contributed by atoms with Crippen LogP contribution >= 0.6 is 0 Å². The summed E-state index contributed by atoms with van der Waals surface area (Å²) in [5.41, 5.74) is 7.56. The predicted molar refractivity (Wildman–Crippen MR) is 252 cm³/mol. The Kier molecular flexibility index (Phi) is 9.35. The summed E-state index contributed by atoms with van der Waals surface area (Å²) in [6.45, 7) is 0. The van der Waals surface area contributed by atoms with Gasteiger partial charge in [-0.05, 0) is 51.1 Å². The Bertz CT molecular complexity index is 3120. The zero-order chi connectivity index (χ0) is 42.4. The Balaban J connectivity index is 1.39. The fourth-order valence-electron chi connectivity index (χ4n) is 11.0. The van der Waals surface area contributed by atoms with Gasteiger partial charge in [0.2, 0.25) is 0 Å².